The lowest BCUT2D eigenvalue weighted by atomic mass is 10.1. The molecule has 2 heterocycles. The Balaban J connectivity index is 1.46. The number of nitrogens with zero attached hydrogens (tertiary/aromatic N) is 2. The van der Waals surface area contributed by atoms with E-state index in [2.05, 4.69) is 5.32 Å². The van der Waals surface area contributed by atoms with Crippen LogP contribution in [0.1, 0.15) is 15.9 Å². The van der Waals surface area contributed by atoms with Crippen molar-refractivity contribution in [2.24, 2.45) is 7.05 Å². The van der Waals surface area contributed by atoms with Crippen molar-refractivity contribution < 1.29 is 9.21 Å². The molecule has 0 fully saturated rings. The van der Waals surface area contributed by atoms with Crippen molar-refractivity contribution in [2.45, 2.75) is 6.54 Å². The number of fused-ring (bicyclic) bond motifs is 1. The van der Waals surface area contributed by atoms with Gasteiger partial charge in [0.1, 0.15) is 0 Å². The Bertz CT molecular complexity index is 1120. The summed E-state index contributed by atoms with van der Waals surface area (Å²) < 4.78 is 8.60. The maximum absolute atomic E-state index is 12.3. The number of aryl methyl sites for hydroxylation is 1. The molecule has 0 saturated carbocycles. The molecule has 0 unspecified atom stereocenters. The van der Waals surface area contributed by atoms with Crippen LogP contribution >= 0.6 is 0 Å². The van der Waals surface area contributed by atoms with Crippen LogP contribution in [0.2, 0.25) is 0 Å². The number of carbonyl (C=O) groups is 1. The van der Waals surface area contributed by atoms with E-state index in [1.807, 2.05) is 53.4 Å². The molecule has 130 valence electrons. The van der Waals surface area contributed by atoms with Gasteiger partial charge in [0.2, 0.25) is 0 Å². The number of carbonyl (C=O) groups excluding carboxylic acids is 1. The fourth-order valence-corrected chi connectivity index (χ4v) is 2.86. The van der Waals surface area contributed by atoms with Gasteiger partial charge in [0.05, 0.1) is 5.52 Å². The van der Waals surface area contributed by atoms with E-state index in [1.54, 1.807) is 25.2 Å². The number of hydrogen-bond acceptors (Lipinski definition) is 3. The zero-order valence-corrected chi connectivity index (χ0v) is 14.2. The molecule has 0 spiro atoms. The molecule has 0 aliphatic carbocycles. The molecule has 2 aromatic carbocycles. The van der Waals surface area contributed by atoms with E-state index in [0.29, 0.717) is 17.7 Å². The van der Waals surface area contributed by atoms with E-state index in [9.17, 15) is 9.59 Å². The van der Waals surface area contributed by atoms with Crippen molar-refractivity contribution in [3.63, 3.8) is 0 Å². The van der Waals surface area contributed by atoms with Gasteiger partial charge < -0.3 is 14.3 Å². The maximum Gasteiger partial charge on any atom is 0.419 e. The molecular weight excluding hydrogens is 330 g/mol. The quantitative estimate of drug-likeness (QED) is 0.617. The van der Waals surface area contributed by atoms with Crippen LogP contribution in [0.5, 0.6) is 0 Å². The Hall–Kier alpha value is -3.54. The number of amides is 1. The third-order valence-electron chi connectivity index (χ3n) is 4.34. The maximum atomic E-state index is 12.3. The summed E-state index contributed by atoms with van der Waals surface area (Å²) in [4.78, 5) is 23.9. The van der Waals surface area contributed by atoms with E-state index in [4.69, 9.17) is 4.42 Å². The smallest absolute Gasteiger partial charge is 0.408 e. The zero-order valence-electron chi connectivity index (χ0n) is 14.2. The van der Waals surface area contributed by atoms with Crippen LogP contribution in [-0.4, -0.2) is 15.0 Å². The van der Waals surface area contributed by atoms with E-state index < -0.39 is 5.76 Å². The van der Waals surface area contributed by atoms with Crippen LogP contribution in [0.3, 0.4) is 0 Å². The number of aromatic nitrogens is 2. The first-order valence-corrected chi connectivity index (χ1v) is 8.22. The summed E-state index contributed by atoms with van der Waals surface area (Å²) in [6, 6.07) is 16.7. The molecule has 0 aliphatic rings. The zero-order chi connectivity index (χ0) is 18.1. The van der Waals surface area contributed by atoms with Gasteiger partial charge in [-0.3, -0.25) is 9.36 Å². The third-order valence-corrected chi connectivity index (χ3v) is 4.34. The Labute approximate surface area is 149 Å². The van der Waals surface area contributed by atoms with E-state index in [-0.39, 0.29) is 5.91 Å². The summed E-state index contributed by atoms with van der Waals surface area (Å²) in [5, 5.41) is 2.88. The van der Waals surface area contributed by atoms with Crippen molar-refractivity contribution in [1.29, 1.82) is 0 Å². The molecule has 0 saturated heterocycles. The van der Waals surface area contributed by atoms with Gasteiger partial charge >= 0.3 is 5.76 Å². The molecule has 0 atom stereocenters. The Morgan fingerprint density at radius 1 is 1.08 bits per heavy atom. The lowest BCUT2D eigenvalue weighted by molar-refractivity contribution is 0.0951. The van der Waals surface area contributed by atoms with Gasteiger partial charge in [-0.1, -0.05) is 6.07 Å². The number of rotatable bonds is 4. The average Bonchev–Trinajstić information content (AvgIpc) is 3.29. The highest BCUT2D eigenvalue weighted by molar-refractivity contribution is 5.94. The lowest BCUT2D eigenvalue weighted by Gasteiger charge is -2.07. The van der Waals surface area contributed by atoms with Crippen molar-refractivity contribution in [3.05, 3.63) is 88.7 Å². The van der Waals surface area contributed by atoms with Crippen LogP contribution in [0.15, 0.2) is 76.2 Å². The van der Waals surface area contributed by atoms with E-state index in [0.717, 1.165) is 16.8 Å². The average molecular weight is 347 g/mol. The summed E-state index contributed by atoms with van der Waals surface area (Å²) >= 11 is 0. The first kappa shape index (κ1) is 16.0. The Kier molecular flexibility index (Phi) is 3.93. The topological polar surface area (TPSA) is 69.2 Å². The molecule has 2 aromatic heterocycles. The largest absolute Gasteiger partial charge is 0.419 e. The third kappa shape index (κ3) is 2.93. The van der Waals surface area contributed by atoms with Crippen LogP contribution in [-0.2, 0) is 13.6 Å². The second kappa shape index (κ2) is 6.40. The van der Waals surface area contributed by atoms with Crippen molar-refractivity contribution >= 4 is 17.0 Å². The molecule has 6 heteroatoms. The van der Waals surface area contributed by atoms with E-state index >= 15 is 0 Å². The highest BCUT2D eigenvalue weighted by atomic mass is 16.4. The SMILES string of the molecule is Cn1c(=O)oc2cc(CNC(=O)c3ccc(-n4cccc4)cc3)ccc21. The number of benzene rings is 2. The van der Waals surface area contributed by atoms with Crippen molar-refractivity contribution in [3.8, 4) is 5.69 Å². The predicted octanol–water partition coefficient (Wildman–Crippen LogP) is 2.85. The van der Waals surface area contributed by atoms with Gasteiger partial charge in [0, 0.05) is 37.2 Å². The van der Waals surface area contributed by atoms with Gasteiger partial charge in [-0.2, -0.15) is 0 Å². The first-order chi connectivity index (χ1) is 12.6. The van der Waals surface area contributed by atoms with Crippen LogP contribution in [0, 0.1) is 0 Å². The molecular formula is C20H17N3O3. The minimum atomic E-state index is -0.399. The minimum Gasteiger partial charge on any atom is -0.408 e. The van der Waals surface area contributed by atoms with Gasteiger partial charge in [-0.25, -0.2) is 4.79 Å². The Morgan fingerprint density at radius 3 is 2.54 bits per heavy atom. The normalized spacial score (nSPS) is 11.0. The van der Waals surface area contributed by atoms with Crippen molar-refractivity contribution in [2.75, 3.05) is 0 Å². The monoisotopic (exact) mass is 347 g/mol. The van der Waals surface area contributed by atoms with Crippen LogP contribution < -0.4 is 11.1 Å². The number of hydrogen-bond donors (Lipinski definition) is 1. The van der Waals surface area contributed by atoms with Crippen molar-refractivity contribution in [1.82, 2.24) is 14.5 Å². The van der Waals surface area contributed by atoms with E-state index in [1.165, 1.54) is 4.57 Å². The first-order valence-electron chi connectivity index (χ1n) is 8.22. The molecule has 1 amide bonds. The summed E-state index contributed by atoms with van der Waals surface area (Å²) in [6.45, 7) is 0.354. The standard InChI is InChI=1S/C20H17N3O3/c1-22-17-9-4-14(12-18(17)26-20(22)25)13-21-19(24)15-5-7-16(8-6-15)23-10-2-3-11-23/h2-12H,13H2,1H3,(H,21,24). The minimum absolute atomic E-state index is 0.154. The second-order valence-electron chi connectivity index (χ2n) is 6.05. The summed E-state index contributed by atoms with van der Waals surface area (Å²) in [6.07, 6.45) is 3.90. The van der Waals surface area contributed by atoms with Crippen LogP contribution in [0.4, 0.5) is 0 Å². The molecule has 4 rings (SSSR count). The molecule has 26 heavy (non-hydrogen) atoms. The predicted molar refractivity (Wildman–Crippen MR) is 98.4 cm³/mol. The van der Waals surface area contributed by atoms with Crippen LogP contribution in [0.25, 0.3) is 16.8 Å². The van der Waals surface area contributed by atoms with Gasteiger partial charge in [-0.15, -0.1) is 0 Å². The fraction of sp³-hybridized carbons (Fsp3) is 0.100. The lowest BCUT2D eigenvalue weighted by Crippen LogP contribution is -2.22. The molecule has 0 bridgehead atoms. The molecule has 6 nitrogen and oxygen atoms in total. The summed E-state index contributed by atoms with van der Waals surface area (Å²) in [5.41, 5.74) is 3.69. The van der Waals surface area contributed by atoms with Gasteiger partial charge in [0.15, 0.2) is 5.58 Å². The summed E-state index contributed by atoms with van der Waals surface area (Å²) in [5.74, 6) is -0.553. The van der Waals surface area contributed by atoms with Gasteiger partial charge in [0.25, 0.3) is 5.91 Å². The highest BCUT2D eigenvalue weighted by Gasteiger charge is 2.09. The molecule has 0 aliphatic heterocycles. The Morgan fingerprint density at radius 2 is 1.81 bits per heavy atom. The number of oxazole rings is 1. The highest BCUT2D eigenvalue weighted by Crippen LogP contribution is 2.15. The summed E-state index contributed by atoms with van der Waals surface area (Å²) in [7, 11) is 1.66. The molecule has 4 aromatic rings. The van der Waals surface area contributed by atoms with Gasteiger partial charge in [-0.05, 0) is 54.1 Å². The molecule has 0 radical (unpaired) electrons. The molecule has 1 N–H and O–H groups in total. The fourth-order valence-electron chi connectivity index (χ4n) is 2.86. The second-order valence-corrected chi connectivity index (χ2v) is 6.05. The number of nitrogens with one attached hydrogen (secondary N) is 1.